The summed E-state index contributed by atoms with van der Waals surface area (Å²) in [6.45, 7) is 0. The highest BCUT2D eigenvalue weighted by atomic mass is 14.2. The molecule has 0 heterocycles. The van der Waals surface area contributed by atoms with Crippen LogP contribution in [-0.2, 0) is 0 Å². The Labute approximate surface area is 81.0 Å². The summed E-state index contributed by atoms with van der Waals surface area (Å²) >= 11 is 0. The summed E-state index contributed by atoms with van der Waals surface area (Å²) in [5.74, 6) is 1.04. The van der Waals surface area contributed by atoms with Crippen molar-refractivity contribution < 1.29 is 0 Å². The molecule has 0 aliphatic heterocycles. The normalized spacial score (nSPS) is 24.9. The Morgan fingerprint density at radius 3 is 1.77 bits per heavy atom. The Morgan fingerprint density at radius 2 is 1.15 bits per heavy atom. The summed E-state index contributed by atoms with van der Waals surface area (Å²) in [7, 11) is 0. The zero-order valence-corrected chi connectivity index (χ0v) is 7.51. The van der Waals surface area contributed by atoms with E-state index < -0.39 is 0 Å². The Morgan fingerprint density at radius 1 is 0.538 bits per heavy atom. The zero-order chi connectivity index (χ0) is 8.93. The third-order valence-corrected chi connectivity index (χ3v) is 2.33. The molecule has 0 atom stereocenters. The minimum absolute atomic E-state index is 0.510. The third kappa shape index (κ3) is 2.33. The quantitative estimate of drug-likeness (QED) is 0.566. The van der Waals surface area contributed by atoms with Crippen molar-refractivity contribution >= 4 is 0 Å². The van der Waals surface area contributed by atoms with E-state index in [9.17, 15) is 0 Å². The first-order valence-corrected chi connectivity index (χ1v) is 4.67. The molecule has 2 aliphatic rings. The van der Waals surface area contributed by atoms with Crippen LogP contribution in [0.3, 0.4) is 0 Å². The second-order valence-corrected chi connectivity index (χ2v) is 3.27. The lowest BCUT2D eigenvalue weighted by atomic mass is 9.80. The maximum Gasteiger partial charge on any atom is -0.00132 e. The van der Waals surface area contributed by atoms with E-state index in [0.29, 0.717) is 11.8 Å². The molecule has 1 fully saturated rings. The maximum atomic E-state index is 2.24. The van der Waals surface area contributed by atoms with E-state index in [1.165, 1.54) is 0 Å². The van der Waals surface area contributed by atoms with Crippen LogP contribution >= 0.6 is 0 Å². The van der Waals surface area contributed by atoms with Crippen molar-refractivity contribution in [2.24, 2.45) is 11.8 Å². The average Bonchev–Trinajstić information content (AvgIpc) is 2.47. The number of rotatable bonds is 1. The van der Waals surface area contributed by atoms with Crippen molar-refractivity contribution in [3.05, 3.63) is 68.6 Å². The van der Waals surface area contributed by atoms with Crippen molar-refractivity contribution in [1.82, 2.24) is 0 Å². The monoisotopic (exact) mass is 169 g/mol. The van der Waals surface area contributed by atoms with Crippen LogP contribution in [0.15, 0.2) is 36.5 Å². The van der Waals surface area contributed by atoms with Crippen LogP contribution in [0.5, 0.6) is 0 Å². The minimum Gasteiger partial charge on any atom is -0.0773 e. The highest BCUT2D eigenvalue weighted by Crippen LogP contribution is 2.29. The van der Waals surface area contributed by atoms with Gasteiger partial charge in [-0.3, -0.25) is 0 Å². The fraction of sp³-hybridized carbons (Fsp3) is 0.154. The molecule has 13 heavy (non-hydrogen) atoms. The van der Waals surface area contributed by atoms with Gasteiger partial charge < -0.3 is 0 Å². The van der Waals surface area contributed by atoms with Crippen molar-refractivity contribution in [3.8, 4) is 0 Å². The predicted octanol–water partition coefficient (Wildman–Crippen LogP) is 2.94. The van der Waals surface area contributed by atoms with E-state index in [0.717, 1.165) is 0 Å². The van der Waals surface area contributed by atoms with Gasteiger partial charge in [-0.15, -0.1) is 0 Å². The molecule has 0 nitrogen and oxygen atoms in total. The topological polar surface area (TPSA) is 0 Å². The van der Waals surface area contributed by atoms with Gasteiger partial charge in [0.05, 0.1) is 0 Å². The van der Waals surface area contributed by atoms with Crippen molar-refractivity contribution in [3.63, 3.8) is 0 Å². The Bertz CT molecular complexity index is 210. The van der Waals surface area contributed by atoms with E-state index in [1.807, 2.05) is 0 Å². The Balaban J connectivity index is 1.98. The van der Waals surface area contributed by atoms with Gasteiger partial charge in [0.15, 0.2) is 0 Å². The fourth-order valence-electron chi connectivity index (χ4n) is 1.60. The first-order chi connectivity index (χ1) is 6.47. The first-order valence-electron chi connectivity index (χ1n) is 4.67. The molecule has 0 aromatic heterocycles. The number of hydrogen-bond acceptors (Lipinski definition) is 0. The van der Waals surface area contributed by atoms with Gasteiger partial charge in [0.2, 0.25) is 0 Å². The molecule has 65 valence electrons. The number of allylic oxidation sites excluding steroid dienone is 6. The maximum absolute atomic E-state index is 2.24. The van der Waals surface area contributed by atoms with Crippen LogP contribution in [-0.4, -0.2) is 0 Å². The predicted molar refractivity (Wildman–Crippen MR) is 55.9 cm³/mol. The van der Waals surface area contributed by atoms with Gasteiger partial charge in [-0.2, -0.15) is 0 Å². The van der Waals surface area contributed by atoms with Crippen LogP contribution in [0.2, 0.25) is 0 Å². The fourth-order valence-corrected chi connectivity index (χ4v) is 1.60. The lowest BCUT2D eigenvalue weighted by molar-refractivity contribution is 0.592. The smallest absolute Gasteiger partial charge is 0.00132 e. The first kappa shape index (κ1) is 8.80. The van der Waals surface area contributed by atoms with Crippen molar-refractivity contribution in [1.29, 1.82) is 0 Å². The van der Waals surface area contributed by atoms with Crippen LogP contribution in [0.1, 0.15) is 0 Å². The lowest BCUT2D eigenvalue weighted by Gasteiger charge is -2.24. The van der Waals surface area contributed by atoms with Gasteiger partial charge in [-0.1, -0.05) is 36.5 Å². The van der Waals surface area contributed by atoms with Crippen LogP contribution in [0.4, 0.5) is 0 Å². The Kier molecular flexibility index (Phi) is 3.02. The third-order valence-electron chi connectivity index (χ3n) is 2.33. The molecular weight excluding hydrogens is 156 g/mol. The van der Waals surface area contributed by atoms with E-state index in [1.54, 1.807) is 0 Å². The zero-order valence-electron chi connectivity index (χ0n) is 7.51. The van der Waals surface area contributed by atoms with Crippen molar-refractivity contribution in [2.45, 2.75) is 0 Å². The average molecular weight is 169 g/mol. The molecule has 1 saturated carbocycles. The van der Waals surface area contributed by atoms with Gasteiger partial charge >= 0.3 is 0 Å². The van der Waals surface area contributed by atoms with Gasteiger partial charge in [0, 0.05) is 0 Å². The largest absolute Gasteiger partial charge is 0.0773 e. The van der Waals surface area contributed by atoms with Crippen molar-refractivity contribution in [2.75, 3.05) is 0 Å². The molecule has 0 bridgehead atoms. The molecule has 0 aromatic carbocycles. The molecule has 0 aromatic rings. The van der Waals surface area contributed by atoms with Gasteiger partial charge in [0.25, 0.3) is 0 Å². The molecule has 0 N–H and O–H groups in total. The standard InChI is InChI=1S/C13H13/c1-2-5-9-12(8-4-1)13-10-6-3-7-11-13/h1-13H. The van der Waals surface area contributed by atoms with Crippen LogP contribution < -0.4 is 0 Å². The molecule has 2 rings (SSSR count). The molecule has 0 saturated heterocycles. The molecular formula is C13H13. The summed E-state index contributed by atoms with van der Waals surface area (Å²) in [6, 6.07) is 0. The number of hydrogen-bond donors (Lipinski definition) is 0. The molecule has 0 heteroatoms. The lowest BCUT2D eigenvalue weighted by Crippen LogP contribution is -2.16. The van der Waals surface area contributed by atoms with Gasteiger partial charge in [-0.05, 0) is 43.9 Å². The minimum atomic E-state index is 0.510. The van der Waals surface area contributed by atoms with E-state index >= 15 is 0 Å². The molecule has 0 unspecified atom stereocenters. The second-order valence-electron chi connectivity index (χ2n) is 3.27. The van der Waals surface area contributed by atoms with Crippen LogP contribution in [0, 0.1) is 43.9 Å². The van der Waals surface area contributed by atoms with E-state index in [2.05, 4.69) is 68.6 Å². The second kappa shape index (κ2) is 4.45. The molecule has 0 spiro atoms. The Hall–Kier alpha value is -0.780. The van der Waals surface area contributed by atoms with Gasteiger partial charge in [0.1, 0.15) is 0 Å². The van der Waals surface area contributed by atoms with E-state index in [-0.39, 0.29) is 0 Å². The SMILES string of the molecule is [CH]1[CH][CH]C(C2C=CC=CC=C2)[CH][CH]1. The highest BCUT2D eigenvalue weighted by molar-refractivity contribution is 5.28. The summed E-state index contributed by atoms with van der Waals surface area (Å²) in [5.41, 5.74) is 0. The summed E-state index contributed by atoms with van der Waals surface area (Å²) in [4.78, 5) is 0. The summed E-state index contributed by atoms with van der Waals surface area (Å²) in [6.07, 6.45) is 23.6. The van der Waals surface area contributed by atoms with Crippen LogP contribution in [0.25, 0.3) is 0 Å². The molecule has 5 radical (unpaired) electrons. The highest BCUT2D eigenvalue weighted by Gasteiger charge is 2.20. The van der Waals surface area contributed by atoms with Gasteiger partial charge in [-0.25, -0.2) is 0 Å². The summed E-state index contributed by atoms with van der Waals surface area (Å²) < 4.78 is 0. The molecule has 2 aliphatic carbocycles. The van der Waals surface area contributed by atoms with E-state index in [4.69, 9.17) is 0 Å². The molecule has 0 amide bonds. The summed E-state index contributed by atoms with van der Waals surface area (Å²) in [5, 5.41) is 0.